The fourth-order valence-corrected chi connectivity index (χ4v) is 9.25. The molecule has 0 nitrogen and oxygen atoms in total. The molecule has 0 heteroatoms. The Balaban J connectivity index is 1.23. The van der Waals surface area contributed by atoms with Crippen LogP contribution in [0.15, 0.2) is 121 Å². The fourth-order valence-electron chi connectivity index (χ4n) is 9.25. The molecule has 0 N–H and O–H groups in total. The summed E-state index contributed by atoms with van der Waals surface area (Å²) in [4.78, 5) is 0. The highest BCUT2D eigenvalue weighted by Gasteiger charge is 2.42. The van der Waals surface area contributed by atoms with E-state index in [4.69, 9.17) is 0 Å². The molecule has 0 aliphatic heterocycles. The highest BCUT2D eigenvalue weighted by atomic mass is 14.5. The average molecular weight is 607 g/mol. The summed E-state index contributed by atoms with van der Waals surface area (Å²) in [5, 5.41) is 7.96. The zero-order valence-electron chi connectivity index (χ0n) is 28.4. The summed E-state index contributed by atoms with van der Waals surface area (Å²) in [6.07, 6.45) is 1.15. The Hall–Kier alpha value is -4.68. The Kier molecular flexibility index (Phi) is 6.02. The summed E-state index contributed by atoms with van der Waals surface area (Å²) in [7, 11) is 0. The van der Waals surface area contributed by atoms with E-state index in [9.17, 15) is 0 Å². The molecule has 7 aromatic rings. The lowest BCUT2D eigenvalue weighted by Crippen LogP contribution is -2.17. The Morgan fingerprint density at radius 3 is 1.87 bits per heavy atom. The van der Waals surface area contributed by atoms with E-state index >= 15 is 0 Å². The van der Waals surface area contributed by atoms with E-state index in [1.807, 2.05) is 0 Å². The molecular formula is C47H42. The second kappa shape index (κ2) is 9.91. The molecule has 0 heterocycles. The van der Waals surface area contributed by atoms with Crippen LogP contribution in [0.1, 0.15) is 87.3 Å². The van der Waals surface area contributed by atoms with E-state index in [1.54, 1.807) is 0 Å². The minimum absolute atomic E-state index is 0.0754. The van der Waals surface area contributed by atoms with Crippen LogP contribution in [0.4, 0.5) is 0 Å². The summed E-state index contributed by atoms with van der Waals surface area (Å²) in [5.41, 5.74) is 14.2. The number of fused-ring (bicyclic) bond motifs is 11. The molecule has 47 heavy (non-hydrogen) atoms. The van der Waals surface area contributed by atoms with E-state index < -0.39 is 0 Å². The summed E-state index contributed by atoms with van der Waals surface area (Å²) in [6, 6.07) is 46.7. The van der Waals surface area contributed by atoms with Gasteiger partial charge in [0.15, 0.2) is 0 Å². The highest BCUT2D eigenvalue weighted by molar-refractivity contribution is 6.17. The van der Waals surface area contributed by atoms with Gasteiger partial charge in [0.25, 0.3) is 0 Å². The molecule has 0 amide bonds. The van der Waals surface area contributed by atoms with Gasteiger partial charge in [-0.05, 0) is 118 Å². The first kappa shape index (κ1) is 28.5. The van der Waals surface area contributed by atoms with Crippen molar-refractivity contribution >= 4 is 32.3 Å². The van der Waals surface area contributed by atoms with E-state index in [-0.39, 0.29) is 10.8 Å². The van der Waals surface area contributed by atoms with Crippen LogP contribution in [0.25, 0.3) is 54.6 Å². The molecule has 2 aliphatic carbocycles. The number of hydrogen-bond donors (Lipinski definition) is 0. The molecule has 2 unspecified atom stereocenters. The Morgan fingerprint density at radius 1 is 0.468 bits per heavy atom. The Labute approximate surface area is 279 Å². The van der Waals surface area contributed by atoms with Gasteiger partial charge in [0.2, 0.25) is 0 Å². The van der Waals surface area contributed by atoms with E-state index in [0.717, 1.165) is 6.42 Å². The van der Waals surface area contributed by atoms with Crippen molar-refractivity contribution in [2.75, 3.05) is 0 Å². The quantitative estimate of drug-likeness (QED) is 0.138. The summed E-state index contributed by atoms with van der Waals surface area (Å²) in [5.74, 6) is 0.950. The molecule has 0 spiro atoms. The van der Waals surface area contributed by atoms with Crippen molar-refractivity contribution in [3.8, 4) is 22.3 Å². The van der Waals surface area contributed by atoms with Crippen LogP contribution in [0, 0.1) is 5.92 Å². The zero-order chi connectivity index (χ0) is 32.2. The third kappa shape index (κ3) is 3.94. The predicted octanol–water partition coefficient (Wildman–Crippen LogP) is 12.9. The normalized spacial score (nSPS) is 16.6. The fraction of sp³-hybridized carbons (Fsp3) is 0.234. The lowest BCUT2D eigenvalue weighted by Gasteiger charge is -2.27. The van der Waals surface area contributed by atoms with Gasteiger partial charge < -0.3 is 0 Å². The van der Waals surface area contributed by atoms with Crippen molar-refractivity contribution in [1.29, 1.82) is 0 Å². The number of benzene rings is 7. The lowest BCUT2D eigenvalue weighted by atomic mass is 9.76. The number of hydrogen-bond acceptors (Lipinski definition) is 0. The maximum absolute atomic E-state index is 2.57. The largest absolute Gasteiger partial charge is 0.0651 e. The van der Waals surface area contributed by atoms with Crippen LogP contribution in [-0.4, -0.2) is 0 Å². The van der Waals surface area contributed by atoms with Gasteiger partial charge in [-0.25, -0.2) is 0 Å². The molecule has 2 atom stereocenters. The molecule has 0 aromatic heterocycles. The predicted molar refractivity (Wildman–Crippen MR) is 202 cm³/mol. The van der Waals surface area contributed by atoms with Gasteiger partial charge in [0.1, 0.15) is 0 Å². The van der Waals surface area contributed by atoms with Crippen molar-refractivity contribution in [3.63, 3.8) is 0 Å². The maximum Gasteiger partial charge on any atom is 0.0159 e. The molecule has 2 aliphatic rings. The third-order valence-corrected chi connectivity index (χ3v) is 12.1. The van der Waals surface area contributed by atoms with Crippen LogP contribution in [0.5, 0.6) is 0 Å². The summed E-state index contributed by atoms with van der Waals surface area (Å²) < 4.78 is 0. The average Bonchev–Trinajstić information content (AvgIpc) is 3.45. The van der Waals surface area contributed by atoms with Gasteiger partial charge >= 0.3 is 0 Å². The van der Waals surface area contributed by atoms with E-state index in [2.05, 4.69) is 163 Å². The Bertz CT molecular complexity index is 2400. The van der Waals surface area contributed by atoms with Crippen LogP contribution < -0.4 is 0 Å². The van der Waals surface area contributed by atoms with E-state index in [1.165, 1.54) is 88.0 Å². The standard InChI is InChI=1S/C47H42/c1-7-28(2)44(29-13-9-8-10-14-29)33-18-19-35-38-26-43-39(27-42(38)47(5,6)41(35)25-33)45-36-20-17-32-23-30-15-11-12-16-31(30)24-37(32)34(36)21-22-40(45)46(43,3)4/h8-28,44H,7H2,1-6H3. The second-order valence-corrected chi connectivity index (χ2v) is 15.3. The minimum atomic E-state index is -0.0878. The molecule has 0 saturated carbocycles. The molecule has 0 saturated heterocycles. The van der Waals surface area contributed by atoms with Crippen molar-refractivity contribution in [2.45, 2.75) is 64.7 Å². The number of rotatable bonds is 4. The van der Waals surface area contributed by atoms with Gasteiger partial charge in [-0.1, -0.05) is 145 Å². The molecule has 0 radical (unpaired) electrons. The van der Waals surface area contributed by atoms with Crippen LogP contribution in [0.3, 0.4) is 0 Å². The minimum Gasteiger partial charge on any atom is -0.0651 e. The summed E-state index contributed by atoms with van der Waals surface area (Å²) in [6.45, 7) is 14.5. The maximum atomic E-state index is 2.57. The molecule has 9 rings (SSSR count). The van der Waals surface area contributed by atoms with Crippen molar-refractivity contribution < 1.29 is 0 Å². The van der Waals surface area contributed by atoms with Crippen molar-refractivity contribution in [1.82, 2.24) is 0 Å². The van der Waals surface area contributed by atoms with Gasteiger partial charge in [-0.15, -0.1) is 0 Å². The van der Waals surface area contributed by atoms with E-state index in [0.29, 0.717) is 11.8 Å². The molecule has 7 aromatic carbocycles. The first-order chi connectivity index (χ1) is 22.7. The lowest BCUT2D eigenvalue weighted by molar-refractivity contribution is 0.495. The molecular weight excluding hydrogens is 565 g/mol. The third-order valence-electron chi connectivity index (χ3n) is 12.1. The summed E-state index contributed by atoms with van der Waals surface area (Å²) >= 11 is 0. The first-order valence-electron chi connectivity index (χ1n) is 17.5. The topological polar surface area (TPSA) is 0 Å². The SMILES string of the molecule is CCC(C)C(c1ccccc1)c1ccc2c(c1)C(C)(C)c1cc3c(cc1-2)C(C)(C)c1ccc2c(ccc4cc5ccccc5cc42)c1-3. The monoisotopic (exact) mass is 606 g/mol. The van der Waals surface area contributed by atoms with Crippen molar-refractivity contribution in [3.05, 3.63) is 155 Å². The Morgan fingerprint density at radius 2 is 1.11 bits per heavy atom. The molecule has 0 fully saturated rings. The smallest absolute Gasteiger partial charge is 0.0159 e. The van der Waals surface area contributed by atoms with Crippen LogP contribution in [0.2, 0.25) is 0 Å². The van der Waals surface area contributed by atoms with Crippen LogP contribution >= 0.6 is 0 Å². The van der Waals surface area contributed by atoms with Gasteiger partial charge in [-0.2, -0.15) is 0 Å². The zero-order valence-corrected chi connectivity index (χ0v) is 28.4. The van der Waals surface area contributed by atoms with Gasteiger partial charge in [-0.3, -0.25) is 0 Å². The highest BCUT2D eigenvalue weighted by Crippen LogP contribution is 2.58. The molecule has 230 valence electrons. The molecule has 0 bridgehead atoms. The van der Waals surface area contributed by atoms with Crippen molar-refractivity contribution in [2.24, 2.45) is 5.92 Å². The second-order valence-electron chi connectivity index (χ2n) is 15.3. The van der Waals surface area contributed by atoms with Gasteiger partial charge in [0, 0.05) is 16.7 Å². The van der Waals surface area contributed by atoms with Crippen LogP contribution in [-0.2, 0) is 10.8 Å². The van der Waals surface area contributed by atoms with Gasteiger partial charge in [0.05, 0.1) is 0 Å². The first-order valence-corrected chi connectivity index (χ1v) is 17.5.